The van der Waals surface area contributed by atoms with Crippen LogP contribution in [0, 0.1) is 0 Å². The van der Waals surface area contributed by atoms with Gasteiger partial charge < -0.3 is 14.2 Å². The lowest BCUT2D eigenvalue weighted by molar-refractivity contribution is 0.310. The maximum atomic E-state index is 6.28. The summed E-state index contributed by atoms with van der Waals surface area (Å²) in [7, 11) is 2.07. The Morgan fingerprint density at radius 3 is 2.49 bits per heavy atom. The van der Waals surface area contributed by atoms with Gasteiger partial charge in [0, 0.05) is 35.6 Å². The van der Waals surface area contributed by atoms with Crippen LogP contribution in [0.4, 0.5) is 17.1 Å². The molecule has 3 heterocycles. The van der Waals surface area contributed by atoms with Gasteiger partial charge >= 0.3 is 0 Å². The Balaban J connectivity index is 1.43. The zero-order chi connectivity index (χ0) is 24.8. The Morgan fingerprint density at radius 2 is 1.59 bits per heavy atom. The molecule has 0 amide bonds. The molecule has 0 saturated heterocycles. The van der Waals surface area contributed by atoms with Gasteiger partial charge in [0.1, 0.15) is 18.2 Å². The van der Waals surface area contributed by atoms with Crippen molar-refractivity contribution in [3.63, 3.8) is 0 Å². The van der Waals surface area contributed by atoms with Crippen LogP contribution < -0.4 is 9.64 Å². The minimum Gasteiger partial charge on any atom is -0.487 e. The molecule has 4 aromatic carbocycles. The molecule has 2 aromatic heterocycles. The van der Waals surface area contributed by atoms with Gasteiger partial charge in [-0.15, -0.1) is 0 Å². The van der Waals surface area contributed by atoms with Gasteiger partial charge in [0.2, 0.25) is 0 Å². The smallest absolute Gasteiger partial charge is 0.143 e. The topological polar surface area (TPSA) is 43.2 Å². The number of hydrogen-bond acceptors (Lipinski definition) is 4. The second-order valence-corrected chi connectivity index (χ2v) is 9.18. The van der Waals surface area contributed by atoms with Crippen molar-refractivity contribution in [2.75, 3.05) is 4.90 Å². The van der Waals surface area contributed by atoms with Crippen LogP contribution in [0.5, 0.6) is 5.75 Å². The quantitative estimate of drug-likeness (QED) is 0.261. The van der Waals surface area contributed by atoms with Crippen LogP contribution >= 0.6 is 0 Å². The summed E-state index contributed by atoms with van der Waals surface area (Å²) >= 11 is 0. The van der Waals surface area contributed by atoms with Crippen molar-refractivity contribution in [3.05, 3.63) is 121 Å². The van der Waals surface area contributed by atoms with Gasteiger partial charge in [-0.05, 0) is 54.6 Å². The lowest BCUT2D eigenvalue weighted by Crippen LogP contribution is -2.11. The van der Waals surface area contributed by atoms with E-state index in [9.17, 15) is 0 Å². The summed E-state index contributed by atoms with van der Waals surface area (Å²) in [5.41, 5.74) is 9.40. The molecule has 0 bridgehead atoms. The van der Waals surface area contributed by atoms with E-state index in [0.717, 1.165) is 62.1 Å². The molecule has 1 aliphatic heterocycles. The highest BCUT2D eigenvalue weighted by atomic mass is 16.5. The molecule has 0 radical (unpaired) electrons. The summed E-state index contributed by atoms with van der Waals surface area (Å²) in [6.45, 7) is 0.492. The normalized spacial score (nSPS) is 12.5. The highest BCUT2D eigenvalue weighted by Gasteiger charge is 2.24. The number of anilines is 3. The molecule has 178 valence electrons. The van der Waals surface area contributed by atoms with Gasteiger partial charge in [-0.2, -0.15) is 0 Å². The number of aryl methyl sites for hydroxylation is 1. The fourth-order valence-corrected chi connectivity index (χ4v) is 5.10. The molecule has 0 N–H and O–H groups in total. The molecular formula is C32H24N4O. The molecule has 5 heteroatoms. The van der Waals surface area contributed by atoms with Gasteiger partial charge in [-0.1, -0.05) is 54.6 Å². The average molecular weight is 481 g/mol. The van der Waals surface area contributed by atoms with Crippen LogP contribution in [-0.2, 0) is 13.7 Å². The fourth-order valence-electron chi connectivity index (χ4n) is 5.10. The molecule has 5 nitrogen and oxygen atoms in total. The summed E-state index contributed by atoms with van der Waals surface area (Å²) in [5.74, 6) is 1.79. The third-order valence-corrected chi connectivity index (χ3v) is 6.93. The standard InChI is InChI=1S/C32H24N4O/c1-35-28-13-3-2-12-27(28)34-32(35)23-16-17-24-21-37-31-15-5-4-14-29(31)36(30(24)20-23)25-10-8-9-22(19-25)26-11-6-7-18-33-26/h2-20H,21H2,1H3. The zero-order valence-electron chi connectivity index (χ0n) is 20.4. The van der Waals surface area contributed by atoms with E-state index < -0.39 is 0 Å². The molecule has 0 aliphatic carbocycles. The number of rotatable bonds is 3. The van der Waals surface area contributed by atoms with Crippen LogP contribution in [0.3, 0.4) is 0 Å². The minimum absolute atomic E-state index is 0.492. The number of ether oxygens (including phenoxy) is 1. The molecular weight excluding hydrogens is 456 g/mol. The Kier molecular flexibility index (Phi) is 5.00. The van der Waals surface area contributed by atoms with E-state index in [1.165, 1.54) is 0 Å². The van der Waals surface area contributed by atoms with Crippen LogP contribution in [0.15, 0.2) is 115 Å². The van der Waals surface area contributed by atoms with Crippen LogP contribution in [-0.4, -0.2) is 14.5 Å². The molecule has 0 unspecified atom stereocenters. The summed E-state index contributed by atoms with van der Waals surface area (Å²) in [6.07, 6.45) is 1.83. The van der Waals surface area contributed by atoms with Crippen molar-refractivity contribution in [2.45, 2.75) is 6.61 Å². The molecule has 7 rings (SSSR count). The van der Waals surface area contributed by atoms with Crippen LogP contribution in [0.2, 0.25) is 0 Å². The number of fused-ring (bicyclic) bond motifs is 3. The van der Waals surface area contributed by atoms with Gasteiger partial charge in [0.15, 0.2) is 0 Å². The number of hydrogen-bond donors (Lipinski definition) is 0. The largest absolute Gasteiger partial charge is 0.487 e. The van der Waals surface area contributed by atoms with Crippen molar-refractivity contribution in [3.8, 4) is 28.4 Å². The Labute approximate surface area is 215 Å². The number of imidazole rings is 1. The Hall–Kier alpha value is -4.90. The molecule has 0 spiro atoms. The first kappa shape index (κ1) is 21.4. The van der Waals surface area contributed by atoms with Gasteiger partial charge in [0.25, 0.3) is 0 Å². The summed E-state index contributed by atoms with van der Waals surface area (Å²) in [4.78, 5) is 11.8. The molecule has 0 saturated carbocycles. The second-order valence-electron chi connectivity index (χ2n) is 9.18. The third-order valence-electron chi connectivity index (χ3n) is 6.93. The lowest BCUT2D eigenvalue weighted by atomic mass is 10.0. The SMILES string of the molecule is Cn1c(-c2ccc3c(c2)N(c2cccc(-c4ccccn4)c2)c2ccccc2OC3)nc2ccccc21. The molecule has 0 atom stereocenters. The van der Waals surface area contributed by atoms with E-state index in [4.69, 9.17) is 9.72 Å². The highest BCUT2D eigenvalue weighted by molar-refractivity contribution is 5.87. The third kappa shape index (κ3) is 3.64. The lowest BCUT2D eigenvalue weighted by Gasteiger charge is -2.27. The van der Waals surface area contributed by atoms with Crippen LogP contribution in [0.25, 0.3) is 33.7 Å². The predicted octanol–water partition coefficient (Wildman–Crippen LogP) is 7.66. The number of benzene rings is 4. The van der Waals surface area contributed by atoms with Crippen molar-refractivity contribution in [2.24, 2.45) is 7.05 Å². The summed E-state index contributed by atoms with van der Waals surface area (Å²) < 4.78 is 8.44. The maximum absolute atomic E-state index is 6.28. The fraction of sp³-hybridized carbons (Fsp3) is 0.0625. The minimum atomic E-state index is 0.492. The van der Waals surface area contributed by atoms with Crippen LogP contribution in [0.1, 0.15) is 5.56 Å². The number of pyridine rings is 1. The second kappa shape index (κ2) is 8.64. The van der Waals surface area contributed by atoms with Crippen molar-refractivity contribution in [1.29, 1.82) is 0 Å². The van der Waals surface area contributed by atoms with E-state index in [0.29, 0.717) is 6.61 Å². The van der Waals surface area contributed by atoms with Gasteiger partial charge in [-0.25, -0.2) is 4.98 Å². The molecule has 6 aromatic rings. The van der Waals surface area contributed by atoms with Gasteiger partial charge in [0.05, 0.1) is 28.1 Å². The highest BCUT2D eigenvalue weighted by Crippen LogP contribution is 2.46. The maximum Gasteiger partial charge on any atom is 0.143 e. The molecule has 0 fully saturated rings. The molecule has 37 heavy (non-hydrogen) atoms. The zero-order valence-corrected chi connectivity index (χ0v) is 20.4. The number of para-hydroxylation sites is 4. The number of aromatic nitrogens is 3. The first-order chi connectivity index (χ1) is 18.3. The average Bonchev–Trinajstić information content (AvgIpc) is 3.20. The predicted molar refractivity (Wildman–Crippen MR) is 148 cm³/mol. The summed E-state index contributed by atoms with van der Waals surface area (Å²) in [6, 6.07) is 37.5. The Morgan fingerprint density at radius 1 is 0.730 bits per heavy atom. The van der Waals surface area contributed by atoms with E-state index >= 15 is 0 Å². The van der Waals surface area contributed by atoms with Crippen molar-refractivity contribution >= 4 is 28.1 Å². The first-order valence-electron chi connectivity index (χ1n) is 12.3. The first-order valence-corrected chi connectivity index (χ1v) is 12.3. The van der Waals surface area contributed by atoms with Crippen molar-refractivity contribution < 1.29 is 4.74 Å². The van der Waals surface area contributed by atoms with E-state index in [2.05, 4.69) is 94.3 Å². The van der Waals surface area contributed by atoms with E-state index in [1.807, 2.05) is 42.6 Å². The Bertz CT molecular complexity index is 1760. The monoisotopic (exact) mass is 480 g/mol. The van der Waals surface area contributed by atoms with Crippen molar-refractivity contribution in [1.82, 2.24) is 14.5 Å². The number of nitrogens with zero attached hydrogens (tertiary/aromatic N) is 4. The van der Waals surface area contributed by atoms with E-state index in [-0.39, 0.29) is 0 Å². The summed E-state index contributed by atoms with van der Waals surface area (Å²) in [5, 5.41) is 0. The molecule has 1 aliphatic rings. The van der Waals surface area contributed by atoms with Gasteiger partial charge in [-0.3, -0.25) is 4.98 Å². The van der Waals surface area contributed by atoms with E-state index in [1.54, 1.807) is 0 Å².